The monoisotopic (exact) mass is 549 g/mol. The van der Waals surface area contributed by atoms with Gasteiger partial charge in [-0.05, 0) is 60.8 Å². The molecule has 12 nitrogen and oxygen atoms in total. The van der Waals surface area contributed by atoms with Gasteiger partial charge in [0.25, 0.3) is 0 Å². The summed E-state index contributed by atoms with van der Waals surface area (Å²) in [5, 5.41) is 5.80. The molecule has 0 radical (unpaired) electrons. The summed E-state index contributed by atoms with van der Waals surface area (Å²) in [6.45, 7) is 14.9. The Morgan fingerprint density at radius 2 is 1.77 bits per heavy atom. The summed E-state index contributed by atoms with van der Waals surface area (Å²) in [5.41, 5.74) is -0.631. The van der Waals surface area contributed by atoms with E-state index in [1.54, 1.807) is 20.8 Å². The Morgan fingerprint density at radius 1 is 1.08 bits per heavy atom. The average Bonchev–Trinajstić information content (AvgIpc) is 3.34. The minimum absolute atomic E-state index is 0.0474. The number of ether oxygens (including phenoxy) is 2. The number of piperidine rings is 1. The van der Waals surface area contributed by atoms with Crippen LogP contribution in [0.3, 0.4) is 0 Å². The number of rotatable bonds is 8. The smallest absolute Gasteiger partial charge is 0.411 e. The van der Waals surface area contributed by atoms with E-state index < -0.39 is 23.4 Å². The van der Waals surface area contributed by atoms with Crippen molar-refractivity contribution in [1.82, 2.24) is 24.9 Å². The average molecular weight is 550 g/mol. The second-order valence-corrected chi connectivity index (χ2v) is 12.6. The van der Waals surface area contributed by atoms with Crippen LogP contribution in [0.1, 0.15) is 91.6 Å². The second kappa shape index (κ2) is 11.2. The van der Waals surface area contributed by atoms with Gasteiger partial charge in [0.05, 0.1) is 31.3 Å². The van der Waals surface area contributed by atoms with Crippen molar-refractivity contribution >= 4 is 18.2 Å². The number of hydroxylamine groups is 2. The van der Waals surface area contributed by atoms with Crippen molar-refractivity contribution in [2.24, 2.45) is 0 Å². The molecule has 4 amide bonds. The highest BCUT2D eigenvalue weighted by atomic mass is 16.7. The van der Waals surface area contributed by atoms with Crippen LogP contribution in [-0.2, 0) is 20.9 Å². The lowest BCUT2D eigenvalue weighted by molar-refractivity contribution is -0.130. The molecule has 3 aliphatic rings. The van der Waals surface area contributed by atoms with Crippen LogP contribution < -0.4 is 0 Å². The molecule has 4 heterocycles. The molecular weight excluding hydrogens is 506 g/mol. The molecule has 0 saturated carbocycles. The zero-order valence-electron chi connectivity index (χ0n) is 24.3. The normalized spacial score (nSPS) is 21.7. The molecule has 1 aromatic heterocycles. The van der Waals surface area contributed by atoms with E-state index in [2.05, 4.69) is 12.1 Å². The fraction of sp³-hybridized carbons (Fsp3) is 0.778. The van der Waals surface area contributed by atoms with Gasteiger partial charge >= 0.3 is 18.2 Å². The Morgan fingerprint density at radius 3 is 2.41 bits per heavy atom. The largest absolute Gasteiger partial charge is 0.444 e. The second-order valence-electron chi connectivity index (χ2n) is 12.6. The number of urea groups is 1. The Bertz CT molecular complexity index is 1040. The van der Waals surface area contributed by atoms with Gasteiger partial charge in [0, 0.05) is 25.7 Å². The van der Waals surface area contributed by atoms with Crippen molar-refractivity contribution in [3.63, 3.8) is 0 Å². The highest BCUT2D eigenvalue weighted by molar-refractivity contribution is 5.77. The fourth-order valence-corrected chi connectivity index (χ4v) is 4.93. The van der Waals surface area contributed by atoms with Gasteiger partial charge in [0.1, 0.15) is 16.9 Å². The van der Waals surface area contributed by atoms with Crippen LogP contribution >= 0.6 is 0 Å². The maximum absolute atomic E-state index is 13.1. The van der Waals surface area contributed by atoms with Crippen LogP contribution in [0, 0.1) is 0 Å². The van der Waals surface area contributed by atoms with Gasteiger partial charge in [-0.25, -0.2) is 14.4 Å². The molecule has 2 bridgehead atoms. The summed E-state index contributed by atoms with van der Waals surface area (Å²) in [6.07, 6.45) is 2.55. The van der Waals surface area contributed by atoms with E-state index in [1.807, 2.05) is 41.5 Å². The van der Waals surface area contributed by atoms with Gasteiger partial charge in [0.2, 0.25) is 0 Å². The summed E-state index contributed by atoms with van der Waals surface area (Å²) in [5.74, 6) is 0.483. The minimum Gasteiger partial charge on any atom is -0.444 e. The van der Waals surface area contributed by atoms with E-state index in [1.165, 1.54) is 5.06 Å². The number of carbonyl (C=O) groups is 3. The number of hydrogen-bond acceptors (Lipinski definition) is 8. The molecule has 3 fully saturated rings. The third-order valence-electron chi connectivity index (χ3n) is 6.88. The Labute approximate surface area is 230 Å². The van der Waals surface area contributed by atoms with Crippen molar-refractivity contribution in [2.45, 2.75) is 110 Å². The van der Waals surface area contributed by atoms with Crippen molar-refractivity contribution in [2.75, 3.05) is 26.2 Å². The SMILES string of the molecule is CCCCON1C(=O)N2C[C@@H]1CC[C@H]2c1cc(CN(C(=O)OC(C)(C)C)C2CN(C(=O)OC(C)(C)C)C2)on1. The maximum atomic E-state index is 13.1. The van der Waals surface area contributed by atoms with E-state index in [4.69, 9.17) is 18.8 Å². The summed E-state index contributed by atoms with van der Waals surface area (Å²) < 4.78 is 16.7. The van der Waals surface area contributed by atoms with Crippen molar-refractivity contribution < 1.29 is 33.2 Å². The molecule has 0 aromatic carbocycles. The summed E-state index contributed by atoms with van der Waals surface area (Å²) >= 11 is 0. The molecule has 218 valence electrons. The molecular formula is C27H43N5O7. The number of fused-ring (bicyclic) bond motifs is 2. The summed E-state index contributed by atoms with van der Waals surface area (Å²) in [7, 11) is 0. The fourth-order valence-electron chi connectivity index (χ4n) is 4.93. The molecule has 0 N–H and O–H groups in total. The van der Waals surface area contributed by atoms with E-state index >= 15 is 0 Å². The van der Waals surface area contributed by atoms with E-state index in [0.717, 1.165) is 25.7 Å². The van der Waals surface area contributed by atoms with Crippen LogP contribution in [0.2, 0.25) is 0 Å². The van der Waals surface area contributed by atoms with Gasteiger partial charge in [-0.2, -0.15) is 5.06 Å². The lowest BCUT2D eigenvalue weighted by atomic mass is 9.98. The molecule has 2 atom stereocenters. The van der Waals surface area contributed by atoms with Crippen molar-refractivity contribution in [3.8, 4) is 0 Å². The van der Waals surface area contributed by atoms with Gasteiger partial charge in [-0.15, -0.1) is 0 Å². The lowest BCUT2D eigenvalue weighted by Crippen LogP contribution is -2.63. The first-order valence-corrected chi connectivity index (χ1v) is 13.9. The molecule has 0 aliphatic carbocycles. The highest BCUT2D eigenvalue weighted by Crippen LogP contribution is 2.38. The van der Waals surface area contributed by atoms with Gasteiger partial charge in [-0.1, -0.05) is 18.5 Å². The quantitative estimate of drug-likeness (QED) is 0.428. The van der Waals surface area contributed by atoms with E-state index in [9.17, 15) is 14.4 Å². The number of nitrogens with zero attached hydrogens (tertiary/aromatic N) is 5. The van der Waals surface area contributed by atoms with Crippen molar-refractivity contribution in [1.29, 1.82) is 0 Å². The molecule has 3 saturated heterocycles. The summed E-state index contributed by atoms with van der Waals surface area (Å²) in [4.78, 5) is 49.3. The van der Waals surface area contributed by atoms with E-state index in [0.29, 0.717) is 37.7 Å². The Kier molecular flexibility index (Phi) is 8.34. The molecule has 0 spiro atoms. The zero-order valence-corrected chi connectivity index (χ0v) is 24.3. The van der Waals surface area contributed by atoms with E-state index in [-0.39, 0.29) is 30.7 Å². The number of unbranched alkanes of at least 4 members (excludes halogenated alkanes) is 1. The predicted octanol–water partition coefficient (Wildman–Crippen LogP) is 4.70. The third-order valence-corrected chi connectivity index (χ3v) is 6.88. The first kappa shape index (κ1) is 29.0. The van der Waals surface area contributed by atoms with Crippen LogP contribution in [-0.4, -0.2) is 92.7 Å². The first-order chi connectivity index (χ1) is 18.3. The van der Waals surface area contributed by atoms with Gasteiger partial charge in [0.15, 0.2) is 5.76 Å². The van der Waals surface area contributed by atoms with Crippen LogP contribution in [0.25, 0.3) is 0 Å². The number of aromatic nitrogens is 1. The van der Waals surface area contributed by atoms with Crippen LogP contribution in [0.5, 0.6) is 0 Å². The maximum Gasteiger partial charge on any atom is 0.411 e. The molecule has 4 rings (SSSR count). The number of hydrogen-bond donors (Lipinski definition) is 0. The van der Waals surface area contributed by atoms with Gasteiger partial charge in [-0.3, -0.25) is 9.74 Å². The van der Waals surface area contributed by atoms with Crippen molar-refractivity contribution in [3.05, 3.63) is 17.5 Å². The minimum atomic E-state index is -0.684. The standard InChI is InChI=1S/C27H43N5O7/c1-8-9-12-36-32-18-10-11-22(31(16-18)23(32)33)21-13-20(39-28-21)17-30(25(35)38-27(5,6)7)19-14-29(15-19)24(34)37-26(2,3)4/h13,18-19,22H,8-12,14-17H2,1-7H3/t18-,22-/m0/s1. The number of amides is 4. The topological polar surface area (TPSA) is 118 Å². The number of carbonyl (C=O) groups excluding carboxylic acids is 3. The number of likely N-dealkylation sites (tertiary alicyclic amines) is 1. The molecule has 39 heavy (non-hydrogen) atoms. The van der Waals surface area contributed by atoms with Crippen LogP contribution in [0.15, 0.2) is 10.6 Å². The molecule has 12 heteroatoms. The van der Waals surface area contributed by atoms with Crippen LogP contribution in [0.4, 0.5) is 14.4 Å². The predicted molar refractivity (Wildman–Crippen MR) is 140 cm³/mol. The molecule has 1 aromatic rings. The highest BCUT2D eigenvalue weighted by Gasteiger charge is 2.47. The third kappa shape index (κ3) is 6.95. The lowest BCUT2D eigenvalue weighted by Gasteiger charge is -2.44. The molecule has 3 aliphatic heterocycles. The zero-order chi connectivity index (χ0) is 28.5. The molecule has 0 unspecified atom stereocenters. The Hall–Kier alpha value is -3.02. The van der Waals surface area contributed by atoms with Gasteiger partial charge < -0.3 is 23.8 Å². The summed E-state index contributed by atoms with van der Waals surface area (Å²) in [6, 6.07) is 1.24. The Balaban J connectivity index is 1.42. The first-order valence-electron chi connectivity index (χ1n) is 13.9.